The molecule has 0 bridgehead atoms. The highest BCUT2D eigenvalue weighted by Crippen LogP contribution is 2.51. The molecule has 0 amide bonds. The zero-order chi connectivity index (χ0) is 16.4. The van der Waals surface area contributed by atoms with Gasteiger partial charge in [-0.25, -0.2) is 4.79 Å². The lowest BCUT2D eigenvalue weighted by atomic mass is 9.79. The largest absolute Gasteiger partial charge is 0.454 e. The molecule has 1 aromatic heterocycles. The fourth-order valence-corrected chi connectivity index (χ4v) is 4.53. The van der Waals surface area contributed by atoms with Gasteiger partial charge in [0.25, 0.3) is 0 Å². The van der Waals surface area contributed by atoms with Gasteiger partial charge >= 0.3 is 5.63 Å². The molecule has 0 radical (unpaired) electrons. The summed E-state index contributed by atoms with van der Waals surface area (Å²) in [6, 6.07) is 3.91. The first-order valence-electron chi connectivity index (χ1n) is 8.30. The average molecular weight is 329 g/mol. The number of hydrogen-bond donors (Lipinski definition) is 0. The molecule has 1 saturated heterocycles. The second-order valence-corrected chi connectivity index (χ2v) is 6.85. The summed E-state index contributed by atoms with van der Waals surface area (Å²) in [7, 11) is 3.81. The Hall–Kier alpha value is -2.05. The van der Waals surface area contributed by atoms with Crippen LogP contribution in [0.3, 0.4) is 0 Å². The molecule has 1 fully saturated rings. The van der Waals surface area contributed by atoms with E-state index >= 15 is 0 Å². The van der Waals surface area contributed by atoms with Gasteiger partial charge in [-0.1, -0.05) is 0 Å². The summed E-state index contributed by atoms with van der Waals surface area (Å²) in [5, 5.41) is 1.45. The third kappa shape index (κ3) is 1.81. The highest BCUT2D eigenvalue weighted by Gasteiger charge is 2.44. The topological polar surface area (TPSA) is 61.1 Å². The van der Waals surface area contributed by atoms with Gasteiger partial charge in [-0.05, 0) is 44.5 Å². The standard InChI is InChI=1S/C18H19NO5/c1-19-4-3-9-5-14(21-2)17-15(16(9)19)10-6-12-13(23-8-22-12)7-11(10)18(20)24-17/h6-7,9,14,16H,3-5,8H2,1-2H3. The lowest BCUT2D eigenvalue weighted by molar-refractivity contribution is 0.0388. The van der Waals surface area contributed by atoms with Gasteiger partial charge in [0.2, 0.25) is 6.79 Å². The zero-order valence-corrected chi connectivity index (χ0v) is 13.7. The molecule has 0 spiro atoms. The van der Waals surface area contributed by atoms with E-state index in [0.717, 1.165) is 30.3 Å². The van der Waals surface area contributed by atoms with E-state index in [0.29, 0.717) is 28.6 Å². The molecule has 3 unspecified atom stereocenters. The van der Waals surface area contributed by atoms with Crippen LogP contribution >= 0.6 is 0 Å². The predicted octanol–water partition coefficient (Wildman–Crippen LogP) is 2.61. The van der Waals surface area contributed by atoms with E-state index < -0.39 is 0 Å². The van der Waals surface area contributed by atoms with Gasteiger partial charge in [0.1, 0.15) is 11.9 Å². The van der Waals surface area contributed by atoms with Crippen molar-refractivity contribution in [1.82, 2.24) is 4.90 Å². The first-order chi connectivity index (χ1) is 11.7. The maximum Gasteiger partial charge on any atom is 0.344 e. The van der Waals surface area contributed by atoms with Crippen LogP contribution < -0.4 is 15.1 Å². The third-order valence-corrected chi connectivity index (χ3v) is 5.65. The van der Waals surface area contributed by atoms with Crippen molar-refractivity contribution >= 4 is 10.8 Å². The summed E-state index contributed by atoms with van der Waals surface area (Å²) >= 11 is 0. The van der Waals surface area contributed by atoms with Crippen LogP contribution in [0.4, 0.5) is 0 Å². The third-order valence-electron chi connectivity index (χ3n) is 5.65. The number of hydrogen-bond acceptors (Lipinski definition) is 6. The van der Waals surface area contributed by atoms with Crippen molar-refractivity contribution in [2.24, 2.45) is 5.92 Å². The molecule has 126 valence electrons. The Morgan fingerprint density at radius 2 is 1.96 bits per heavy atom. The van der Waals surface area contributed by atoms with Crippen LogP contribution in [0.1, 0.15) is 36.3 Å². The average Bonchev–Trinajstić information content (AvgIpc) is 3.19. The Morgan fingerprint density at radius 1 is 1.21 bits per heavy atom. The molecular formula is C18H19NO5. The van der Waals surface area contributed by atoms with Crippen LogP contribution in [0.15, 0.2) is 21.3 Å². The van der Waals surface area contributed by atoms with E-state index in [-0.39, 0.29) is 24.6 Å². The summed E-state index contributed by atoms with van der Waals surface area (Å²) < 4.78 is 22.3. The number of fused-ring (bicyclic) bond motifs is 6. The Balaban J connectivity index is 1.85. The first-order valence-corrected chi connectivity index (χ1v) is 8.30. The molecule has 24 heavy (non-hydrogen) atoms. The van der Waals surface area contributed by atoms with Crippen LogP contribution in [-0.4, -0.2) is 32.4 Å². The van der Waals surface area contributed by atoms with Crippen molar-refractivity contribution in [2.75, 3.05) is 27.5 Å². The number of likely N-dealkylation sites (tertiary alicyclic amines) is 1. The molecule has 0 N–H and O–H groups in total. The summed E-state index contributed by atoms with van der Waals surface area (Å²) in [6.07, 6.45) is 1.85. The smallest absolute Gasteiger partial charge is 0.344 e. The van der Waals surface area contributed by atoms with Crippen molar-refractivity contribution in [2.45, 2.75) is 25.0 Å². The number of methoxy groups -OCH3 is 1. The molecule has 3 heterocycles. The summed E-state index contributed by atoms with van der Waals surface area (Å²) in [4.78, 5) is 14.9. The van der Waals surface area contributed by atoms with Crippen LogP contribution in [0.25, 0.3) is 10.8 Å². The highest BCUT2D eigenvalue weighted by atomic mass is 16.7. The van der Waals surface area contributed by atoms with Crippen LogP contribution in [0.5, 0.6) is 11.5 Å². The van der Waals surface area contributed by atoms with Gasteiger partial charge in [-0.2, -0.15) is 0 Å². The monoisotopic (exact) mass is 329 g/mol. The predicted molar refractivity (Wildman–Crippen MR) is 86.5 cm³/mol. The van der Waals surface area contributed by atoms with Crippen molar-refractivity contribution < 1.29 is 18.6 Å². The van der Waals surface area contributed by atoms with Crippen molar-refractivity contribution in [3.8, 4) is 11.5 Å². The van der Waals surface area contributed by atoms with Gasteiger partial charge in [0, 0.05) is 24.1 Å². The van der Waals surface area contributed by atoms with E-state index in [1.165, 1.54) is 0 Å². The lowest BCUT2D eigenvalue weighted by Crippen LogP contribution is -2.30. The molecule has 1 aromatic carbocycles. The second kappa shape index (κ2) is 4.97. The Bertz CT molecular complexity index is 889. The maximum atomic E-state index is 12.6. The minimum Gasteiger partial charge on any atom is -0.454 e. The van der Waals surface area contributed by atoms with Gasteiger partial charge in [-0.15, -0.1) is 0 Å². The van der Waals surface area contributed by atoms with E-state index in [1.807, 2.05) is 6.07 Å². The second-order valence-electron chi connectivity index (χ2n) is 6.85. The van der Waals surface area contributed by atoms with Crippen molar-refractivity contribution in [1.29, 1.82) is 0 Å². The molecule has 6 nitrogen and oxygen atoms in total. The molecule has 5 rings (SSSR count). The van der Waals surface area contributed by atoms with Crippen LogP contribution in [-0.2, 0) is 4.74 Å². The fourth-order valence-electron chi connectivity index (χ4n) is 4.53. The molecule has 3 aliphatic rings. The molecule has 3 atom stereocenters. The van der Waals surface area contributed by atoms with E-state index in [2.05, 4.69) is 11.9 Å². The molecule has 1 aliphatic carbocycles. The fraction of sp³-hybridized carbons (Fsp3) is 0.500. The number of nitrogens with zero attached hydrogens (tertiary/aromatic N) is 1. The molecule has 2 aliphatic heterocycles. The zero-order valence-electron chi connectivity index (χ0n) is 13.7. The molecule has 0 saturated carbocycles. The van der Waals surface area contributed by atoms with Crippen LogP contribution in [0, 0.1) is 5.92 Å². The summed E-state index contributed by atoms with van der Waals surface area (Å²) in [6.45, 7) is 1.22. The van der Waals surface area contributed by atoms with Crippen molar-refractivity contribution in [3.05, 3.63) is 33.9 Å². The van der Waals surface area contributed by atoms with Gasteiger partial charge in [-0.3, -0.25) is 4.90 Å². The van der Waals surface area contributed by atoms with Gasteiger partial charge in [0.05, 0.1) is 5.39 Å². The SMILES string of the molecule is COC1CC2CCN(C)C2c2c1oc(=O)c1cc3c(cc21)OCO3. The van der Waals surface area contributed by atoms with Crippen molar-refractivity contribution in [3.63, 3.8) is 0 Å². The minimum atomic E-state index is -0.344. The normalized spacial score (nSPS) is 28.2. The molecule has 2 aromatic rings. The number of ether oxygens (including phenoxy) is 3. The quantitative estimate of drug-likeness (QED) is 0.801. The number of rotatable bonds is 1. The van der Waals surface area contributed by atoms with Gasteiger partial charge < -0.3 is 18.6 Å². The van der Waals surface area contributed by atoms with E-state index in [9.17, 15) is 4.79 Å². The Morgan fingerprint density at radius 3 is 2.71 bits per heavy atom. The summed E-state index contributed by atoms with van der Waals surface area (Å²) in [5.74, 6) is 2.47. The lowest BCUT2D eigenvalue weighted by Gasteiger charge is -2.35. The van der Waals surface area contributed by atoms with Gasteiger partial charge in [0.15, 0.2) is 11.5 Å². The number of benzene rings is 1. The van der Waals surface area contributed by atoms with Crippen LogP contribution in [0.2, 0.25) is 0 Å². The minimum absolute atomic E-state index is 0.171. The van der Waals surface area contributed by atoms with E-state index in [4.69, 9.17) is 18.6 Å². The maximum absolute atomic E-state index is 12.6. The molecular weight excluding hydrogens is 310 g/mol. The summed E-state index contributed by atoms with van der Waals surface area (Å²) in [5.41, 5.74) is 0.731. The van der Waals surface area contributed by atoms with E-state index in [1.54, 1.807) is 13.2 Å². The Labute approximate surface area is 138 Å². The highest BCUT2D eigenvalue weighted by molar-refractivity contribution is 5.89. The first kappa shape index (κ1) is 14.3. The molecule has 6 heteroatoms. The Kier molecular flexibility index (Phi) is 2.96.